The number of benzene rings is 1. The van der Waals surface area contributed by atoms with E-state index < -0.39 is 15.0 Å². The number of carbonyl (C=O) groups is 1. The lowest BCUT2D eigenvalue weighted by molar-refractivity contribution is 0.0532. The van der Waals surface area contributed by atoms with Crippen LogP contribution in [0.1, 0.15) is 16.6 Å². The fraction of sp³-hybridized carbons (Fsp3) is 0.182. The molecule has 0 N–H and O–H groups in total. The quantitative estimate of drug-likeness (QED) is 0.646. The zero-order chi connectivity index (χ0) is 13.3. The van der Waals surface area contributed by atoms with E-state index in [2.05, 4.69) is 0 Å². The predicted molar refractivity (Wildman–Crippen MR) is 70.8 cm³/mol. The van der Waals surface area contributed by atoms with Gasteiger partial charge in [-0.2, -0.15) is 0 Å². The van der Waals surface area contributed by atoms with Crippen LogP contribution >= 0.6 is 22.0 Å². The van der Waals surface area contributed by atoms with E-state index in [1.807, 2.05) is 0 Å². The van der Waals surface area contributed by atoms with E-state index in [0.29, 0.717) is 16.9 Å². The largest absolute Gasteiger partial charge is 0.462 e. The summed E-state index contributed by atoms with van der Waals surface area (Å²) in [6, 6.07) is 6.08. The van der Waals surface area contributed by atoms with Crippen LogP contribution in [0.25, 0.3) is 10.1 Å². The van der Waals surface area contributed by atoms with Crippen molar-refractivity contribution in [2.45, 2.75) is 11.8 Å². The number of esters is 1. The van der Waals surface area contributed by atoms with Crippen LogP contribution in [0.4, 0.5) is 0 Å². The van der Waals surface area contributed by atoms with E-state index in [0.717, 1.165) is 4.70 Å². The lowest BCUT2D eigenvalue weighted by Gasteiger charge is -1.95. The summed E-state index contributed by atoms with van der Waals surface area (Å²) >= 11 is 1.25. The predicted octanol–water partition coefficient (Wildman–Crippen LogP) is 3.01. The Labute approximate surface area is 113 Å². The van der Waals surface area contributed by atoms with Crippen molar-refractivity contribution in [3.05, 3.63) is 29.1 Å². The van der Waals surface area contributed by atoms with Crippen LogP contribution in [-0.2, 0) is 13.8 Å². The van der Waals surface area contributed by atoms with Crippen LogP contribution in [0.3, 0.4) is 0 Å². The van der Waals surface area contributed by atoms with Gasteiger partial charge in [-0.05, 0) is 36.6 Å². The number of fused-ring (bicyclic) bond motifs is 1. The van der Waals surface area contributed by atoms with Crippen molar-refractivity contribution in [3.63, 3.8) is 0 Å². The maximum atomic E-state index is 11.5. The molecule has 7 heteroatoms. The van der Waals surface area contributed by atoms with Crippen LogP contribution in [0, 0.1) is 0 Å². The molecule has 1 heterocycles. The van der Waals surface area contributed by atoms with Gasteiger partial charge in [-0.25, -0.2) is 13.2 Å². The molecule has 2 rings (SSSR count). The molecule has 1 aromatic heterocycles. The molecule has 0 aliphatic rings. The summed E-state index contributed by atoms with van der Waals surface area (Å²) in [5.41, 5.74) is 0. The Hall–Kier alpha value is -1.11. The van der Waals surface area contributed by atoms with Crippen LogP contribution in [-0.4, -0.2) is 21.0 Å². The fourth-order valence-electron chi connectivity index (χ4n) is 1.48. The number of ether oxygens (including phenoxy) is 1. The van der Waals surface area contributed by atoms with Crippen molar-refractivity contribution in [1.29, 1.82) is 0 Å². The van der Waals surface area contributed by atoms with Gasteiger partial charge in [0.05, 0.1) is 11.5 Å². The number of thiophene rings is 1. The second-order valence-corrected chi connectivity index (χ2v) is 7.12. The summed E-state index contributed by atoms with van der Waals surface area (Å²) < 4.78 is 28.1. The summed E-state index contributed by atoms with van der Waals surface area (Å²) in [4.78, 5) is 12.0. The maximum absolute atomic E-state index is 11.5. The highest BCUT2D eigenvalue weighted by atomic mass is 35.7. The Morgan fingerprint density at radius 3 is 2.72 bits per heavy atom. The second kappa shape index (κ2) is 4.87. The van der Waals surface area contributed by atoms with Gasteiger partial charge in [0.2, 0.25) is 0 Å². The Balaban J connectivity index is 2.49. The van der Waals surface area contributed by atoms with E-state index in [-0.39, 0.29) is 4.90 Å². The Morgan fingerprint density at radius 1 is 1.39 bits per heavy atom. The molecular formula is C11H9ClO4S2. The zero-order valence-corrected chi connectivity index (χ0v) is 11.7. The summed E-state index contributed by atoms with van der Waals surface area (Å²) in [7, 11) is 1.51. The molecule has 4 nitrogen and oxygen atoms in total. The first-order valence-electron chi connectivity index (χ1n) is 5.07. The molecular weight excluding hydrogens is 296 g/mol. The average molecular weight is 305 g/mol. The number of hydrogen-bond donors (Lipinski definition) is 0. The van der Waals surface area contributed by atoms with Gasteiger partial charge in [0.15, 0.2) is 0 Å². The summed E-state index contributed by atoms with van der Waals surface area (Å²) in [6.07, 6.45) is 0. The van der Waals surface area contributed by atoms with Crippen molar-refractivity contribution in [2.75, 3.05) is 6.61 Å². The molecule has 0 spiro atoms. The molecule has 0 unspecified atom stereocenters. The van der Waals surface area contributed by atoms with Gasteiger partial charge in [0.1, 0.15) is 4.88 Å². The lowest BCUT2D eigenvalue weighted by Crippen LogP contribution is -2.01. The molecule has 18 heavy (non-hydrogen) atoms. The molecule has 96 valence electrons. The second-order valence-electron chi connectivity index (χ2n) is 3.47. The lowest BCUT2D eigenvalue weighted by atomic mass is 10.2. The van der Waals surface area contributed by atoms with Crippen LogP contribution in [0.2, 0.25) is 0 Å². The van der Waals surface area contributed by atoms with Gasteiger partial charge in [-0.3, -0.25) is 0 Å². The number of rotatable bonds is 3. The Kier molecular flexibility index (Phi) is 3.61. The first-order valence-corrected chi connectivity index (χ1v) is 8.20. The molecule has 0 saturated heterocycles. The standard InChI is InChI=1S/C11H9ClO4S2/c1-2-16-11(13)10-6-7-5-8(18(12,14)15)3-4-9(7)17-10/h3-6H,2H2,1H3. The van der Waals surface area contributed by atoms with Crippen molar-refractivity contribution >= 4 is 47.1 Å². The highest BCUT2D eigenvalue weighted by Crippen LogP contribution is 2.29. The van der Waals surface area contributed by atoms with E-state index in [9.17, 15) is 13.2 Å². The molecule has 0 saturated carbocycles. The topological polar surface area (TPSA) is 60.4 Å². The third-order valence-corrected chi connectivity index (χ3v) is 4.69. The number of hydrogen-bond acceptors (Lipinski definition) is 5. The van der Waals surface area contributed by atoms with Crippen molar-refractivity contribution in [2.24, 2.45) is 0 Å². The molecule has 2 aromatic rings. The van der Waals surface area contributed by atoms with Gasteiger partial charge in [-0.1, -0.05) is 0 Å². The summed E-state index contributed by atoms with van der Waals surface area (Å²) in [5.74, 6) is -0.408. The third kappa shape index (κ3) is 2.66. The smallest absolute Gasteiger partial charge is 0.348 e. The highest BCUT2D eigenvalue weighted by molar-refractivity contribution is 8.13. The van der Waals surface area contributed by atoms with Gasteiger partial charge >= 0.3 is 5.97 Å². The monoisotopic (exact) mass is 304 g/mol. The molecule has 0 aliphatic carbocycles. The first-order chi connectivity index (χ1) is 8.41. The van der Waals surface area contributed by atoms with Gasteiger partial charge in [0, 0.05) is 15.4 Å². The molecule has 0 amide bonds. The van der Waals surface area contributed by atoms with E-state index in [4.69, 9.17) is 15.4 Å². The Bertz CT molecular complexity index is 703. The molecule has 0 aliphatic heterocycles. The highest BCUT2D eigenvalue weighted by Gasteiger charge is 2.14. The van der Waals surface area contributed by atoms with Crippen LogP contribution in [0.15, 0.2) is 29.2 Å². The number of halogens is 1. The SMILES string of the molecule is CCOC(=O)c1cc2cc(S(=O)(=O)Cl)ccc2s1. The van der Waals surface area contributed by atoms with Crippen molar-refractivity contribution in [1.82, 2.24) is 0 Å². The van der Waals surface area contributed by atoms with Gasteiger partial charge in [-0.15, -0.1) is 11.3 Å². The Morgan fingerprint density at radius 2 is 2.11 bits per heavy atom. The molecule has 0 atom stereocenters. The molecule has 1 aromatic carbocycles. The average Bonchev–Trinajstić information content (AvgIpc) is 2.70. The third-order valence-electron chi connectivity index (χ3n) is 2.25. The number of carbonyl (C=O) groups excluding carboxylic acids is 1. The first kappa shape index (κ1) is 13.3. The van der Waals surface area contributed by atoms with Crippen LogP contribution < -0.4 is 0 Å². The normalized spacial score (nSPS) is 11.7. The van der Waals surface area contributed by atoms with Crippen LogP contribution in [0.5, 0.6) is 0 Å². The van der Waals surface area contributed by atoms with Gasteiger partial charge in [0.25, 0.3) is 9.05 Å². The zero-order valence-electron chi connectivity index (χ0n) is 9.34. The van der Waals surface area contributed by atoms with E-state index in [1.54, 1.807) is 19.1 Å². The van der Waals surface area contributed by atoms with Crippen molar-refractivity contribution in [3.8, 4) is 0 Å². The minimum atomic E-state index is -3.75. The van der Waals surface area contributed by atoms with Gasteiger partial charge < -0.3 is 4.74 Å². The fourth-order valence-corrected chi connectivity index (χ4v) is 3.20. The van der Waals surface area contributed by atoms with E-state index >= 15 is 0 Å². The maximum Gasteiger partial charge on any atom is 0.348 e. The minimum Gasteiger partial charge on any atom is -0.462 e. The molecule has 0 fully saturated rings. The molecule has 0 radical (unpaired) electrons. The van der Waals surface area contributed by atoms with E-state index in [1.165, 1.54) is 23.5 Å². The summed E-state index contributed by atoms with van der Waals surface area (Å²) in [6.45, 7) is 2.03. The molecule has 0 bridgehead atoms. The summed E-state index contributed by atoms with van der Waals surface area (Å²) in [5, 5.41) is 0.657. The minimum absolute atomic E-state index is 0.0184. The van der Waals surface area contributed by atoms with Crippen molar-refractivity contribution < 1.29 is 17.9 Å².